The summed E-state index contributed by atoms with van der Waals surface area (Å²) in [6.45, 7) is 3.40. The van der Waals surface area contributed by atoms with Crippen molar-refractivity contribution >= 4 is 11.6 Å². The minimum atomic E-state index is -1.20. The molecular formula is C18H15NaO4. The first kappa shape index (κ1) is 16.7. The Kier molecular flexibility index (Phi) is 3.92. The molecule has 2 aromatic rings. The van der Waals surface area contributed by atoms with Crippen LogP contribution in [0.3, 0.4) is 0 Å². The smallest absolute Gasteiger partial charge is 0.846 e. The summed E-state index contributed by atoms with van der Waals surface area (Å²) in [6, 6.07) is 3.55. The van der Waals surface area contributed by atoms with E-state index in [0.29, 0.717) is 46.4 Å². The van der Waals surface area contributed by atoms with Gasteiger partial charge in [-0.3, -0.25) is 9.59 Å². The molecule has 5 heteroatoms. The summed E-state index contributed by atoms with van der Waals surface area (Å²) in [5, 5.41) is 12.6. The summed E-state index contributed by atoms with van der Waals surface area (Å²) in [5.41, 5.74) is 2.23. The van der Waals surface area contributed by atoms with Gasteiger partial charge in [0.1, 0.15) is 5.76 Å². The molecule has 0 amide bonds. The van der Waals surface area contributed by atoms with E-state index in [4.69, 9.17) is 4.42 Å². The Balaban J connectivity index is 0.00000156. The number of fused-ring (bicyclic) bond motifs is 5. The minimum absolute atomic E-state index is 0. The van der Waals surface area contributed by atoms with Crippen molar-refractivity contribution in [3.8, 4) is 11.3 Å². The molecule has 4 rings (SSSR count). The zero-order valence-corrected chi connectivity index (χ0v) is 15.5. The monoisotopic (exact) mass is 318 g/mol. The number of benzene rings is 1. The van der Waals surface area contributed by atoms with Crippen molar-refractivity contribution in [1.82, 2.24) is 0 Å². The van der Waals surface area contributed by atoms with Crippen LogP contribution < -0.4 is 34.7 Å². The van der Waals surface area contributed by atoms with Crippen LogP contribution in [0.4, 0.5) is 0 Å². The van der Waals surface area contributed by atoms with Crippen molar-refractivity contribution < 1.29 is 48.7 Å². The Hall–Kier alpha value is -1.20. The average molecular weight is 318 g/mol. The normalized spacial score (nSPS) is 22.0. The molecule has 0 saturated heterocycles. The third-order valence-electron chi connectivity index (χ3n) is 4.84. The summed E-state index contributed by atoms with van der Waals surface area (Å²) in [4.78, 5) is 25.0. The van der Waals surface area contributed by atoms with Crippen LogP contribution in [0.2, 0.25) is 0 Å². The van der Waals surface area contributed by atoms with Crippen LogP contribution in [-0.4, -0.2) is 11.6 Å². The molecule has 1 aromatic heterocycles. The zero-order valence-electron chi connectivity index (χ0n) is 13.5. The van der Waals surface area contributed by atoms with Gasteiger partial charge in [0.05, 0.1) is 11.8 Å². The number of carbonyl (C=O) groups excluding carboxylic acids is 2. The summed E-state index contributed by atoms with van der Waals surface area (Å²) in [7, 11) is 0. The molecule has 0 spiro atoms. The van der Waals surface area contributed by atoms with Gasteiger partial charge in [0, 0.05) is 11.1 Å². The number of furan rings is 1. The summed E-state index contributed by atoms with van der Waals surface area (Å²) >= 11 is 0. The second-order valence-electron chi connectivity index (χ2n) is 6.38. The first-order chi connectivity index (χ1) is 10.4. The molecule has 0 radical (unpaired) electrons. The summed E-state index contributed by atoms with van der Waals surface area (Å²) in [6.07, 6.45) is 3.44. The molecule has 1 unspecified atom stereocenters. The number of Topliss-reactive ketones (excluding diaryl/α,β-unsaturated/α-hetero) is 2. The fourth-order valence-corrected chi connectivity index (χ4v) is 3.74. The van der Waals surface area contributed by atoms with E-state index in [0.717, 1.165) is 12.0 Å². The van der Waals surface area contributed by atoms with Gasteiger partial charge in [-0.05, 0) is 30.9 Å². The Morgan fingerprint density at radius 3 is 2.61 bits per heavy atom. The van der Waals surface area contributed by atoms with Gasteiger partial charge < -0.3 is 9.52 Å². The second kappa shape index (κ2) is 5.42. The van der Waals surface area contributed by atoms with Gasteiger partial charge in [-0.15, -0.1) is 0 Å². The SMILES string of the molecule is Cc1coc2c1C(=O)C(=O)c1c-2ccc2c1CCCC2(C)[O-].[Na+]. The van der Waals surface area contributed by atoms with Crippen molar-refractivity contribution in [3.05, 3.63) is 46.2 Å². The molecular weight excluding hydrogens is 303 g/mol. The number of carbonyl (C=O) groups is 2. The van der Waals surface area contributed by atoms with Crippen molar-refractivity contribution in [1.29, 1.82) is 0 Å². The molecule has 112 valence electrons. The van der Waals surface area contributed by atoms with E-state index in [-0.39, 0.29) is 29.6 Å². The van der Waals surface area contributed by atoms with E-state index in [9.17, 15) is 14.7 Å². The Bertz CT molecular complexity index is 845. The van der Waals surface area contributed by atoms with Gasteiger partial charge in [0.25, 0.3) is 0 Å². The fourth-order valence-electron chi connectivity index (χ4n) is 3.74. The van der Waals surface area contributed by atoms with Crippen molar-refractivity contribution in [2.45, 2.75) is 38.7 Å². The average Bonchev–Trinajstić information content (AvgIpc) is 2.86. The fraction of sp³-hybridized carbons (Fsp3) is 0.333. The van der Waals surface area contributed by atoms with Crippen LogP contribution in [0, 0.1) is 6.92 Å². The molecule has 0 bridgehead atoms. The van der Waals surface area contributed by atoms with Crippen molar-refractivity contribution in [3.63, 3.8) is 0 Å². The Labute approximate surface area is 156 Å². The van der Waals surface area contributed by atoms with Crippen LogP contribution in [0.25, 0.3) is 11.3 Å². The molecule has 1 atom stereocenters. The second-order valence-corrected chi connectivity index (χ2v) is 6.38. The third kappa shape index (κ3) is 2.20. The van der Waals surface area contributed by atoms with Crippen LogP contribution >= 0.6 is 0 Å². The van der Waals surface area contributed by atoms with Gasteiger partial charge in [-0.25, -0.2) is 0 Å². The van der Waals surface area contributed by atoms with E-state index in [1.165, 1.54) is 6.26 Å². The maximum absolute atomic E-state index is 12.6. The van der Waals surface area contributed by atoms with Gasteiger partial charge in [-0.2, -0.15) is 0 Å². The van der Waals surface area contributed by atoms with Crippen LogP contribution in [-0.2, 0) is 12.0 Å². The van der Waals surface area contributed by atoms with E-state index in [1.54, 1.807) is 26.0 Å². The first-order valence-corrected chi connectivity index (χ1v) is 7.46. The van der Waals surface area contributed by atoms with Crippen LogP contribution in [0.15, 0.2) is 22.8 Å². The number of hydrogen-bond donors (Lipinski definition) is 0. The molecule has 0 fully saturated rings. The van der Waals surface area contributed by atoms with Gasteiger partial charge in [0.2, 0.25) is 11.6 Å². The third-order valence-corrected chi connectivity index (χ3v) is 4.84. The first-order valence-electron chi connectivity index (χ1n) is 7.46. The van der Waals surface area contributed by atoms with E-state index < -0.39 is 17.2 Å². The summed E-state index contributed by atoms with van der Waals surface area (Å²) in [5.74, 6) is -0.583. The molecule has 2 aliphatic rings. The Morgan fingerprint density at radius 2 is 1.87 bits per heavy atom. The molecule has 0 aliphatic heterocycles. The predicted octanol–water partition coefficient (Wildman–Crippen LogP) is -0.450. The maximum atomic E-state index is 12.6. The van der Waals surface area contributed by atoms with Gasteiger partial charge in [-0.1, -0.05) is 36.6 Å². The molecule has 4 nitrogen and oxygen atoms in total. The number of rotatable bonds is 0. The van der Waals surface area contributed by atoms with E-state index in [2.05, 4.69) is 0 Å². The number of ketones is 2. The summed E-state index contributed by atoms with van der Waals surface area (Å²) < 4.78 is 5.52. The quantitative estimate of drug-likeness (QED) is 0.487. The molecule has 23 heavy (non-hydrogen) atoms. The van der Waals surface area contributed by atoms with Crippen molar-refractivity contribution in [2.24, 2.45) is 0 Å². The Morgan fingerprint density at radius 1 is 1.17 bits per heavy atom. The van der Waals surface area contributed by atoms with E-state index >= 15 is 0 Å². The standard InChI is InChI=1S/C18H15O4.Na/c1-9-8-22-17-11-5-6-12-10(4-3-7-18(12,2)21)14(11)16(20)15(19)13(9)17;/h5-6,8H,3-4,7H2,1-2H3;/q-1;+1. The predicted molar refractivity (Wildman–Crippen MR) is 77.8 cm³/mol. The molecule has 0 N–H and O–H groups in total. The maximum Gasteiger partial charge on any atom is 1.00 e. The molecule has 1 aromatic carbocycles. The molecule has 0 saturated carbocycles. The van der Waals surface area contributed by atoms with Gasteiger partial charge >= 0.3 is 29.6 Å². The number of hydrogen-bond acceptors (Lipinski definition) is 4. The van der Waals surface area contributed by atoms with Crippen LogP contribution in [0.1, 0.15) is 57.2 Å². The minimum Gasteiger partial charge on any atom is -0.846 e. The molecule has 2 aliphatic carbocycles. The zero-order chi connectivity index (χ0) is 15.6. The topological polar surface area (TPSA) is 70.3 Å². The number of aryl methyl sites for hydroxylation is 1. The van der Waals surface area contributed by atoms with Crippen LogP contribution in [0.5, 0.6) is 0 Å². The van der Waals surface area contributed by atoms with Gasteiger partial charge in [0.15, 0.2) is 0 Å². The van der Waals surface area contributed by atoms with E-state index in [1.807, 2.05) is 0 Å². The largest absolute Gasteiger partial charge is 1.00 e. The molecule has 1 heterocycles. The van der Waals surface area contributed by atoms with Crippen molar-refractivity contribution in [2.75, 3.05) is 0 Å².